The number of amides is 1. The molecule has 7 heteroatoms. The third kappa shape index (κ3) is 4.74. The minimum absolute atomic E-state index is 0.425. The van der Waals surface area contributed by atoms with Crippen molar-refractivity contribution >= 4 is 27.8 Å². The van der Waals surface area contributed by atoms with Gasteiger partial charge in [-0.1, -0.05) is 12.1 Å². The van der Waals surface area contributed by atoms with Gasteiger partial charge in [0.2, 0.25) is 0 Å². The van der Waals surface area contributed by atoms with Crippen LogP contribution in [0.2, 0.25) is 0 Å². The fourth-order valence-electron chi connectivity index (χ4n) is 2.09. The van der Waals surface area contributed by atoms with Crippen molar-refractivity contribution in [2.75, 3.05) is 19.1 Å². The molecule has 0 atom stereocenters. The van der Waals surface area contributed by atoms with Crippen LogP contribution in [0.3, 0.4) is 0 Å². The molecule has 2 rings (SSSR count). The highest BCUT2D eigenvalue weighted by atomic mass is 79.9. The fraction of sp³-hybridized carbons (Fsp3) is 0.412. The normalized spacial score (nSPS) is 11.2. The highest BCUT2D eigenvalue weighted by molar-refractivity contribution is 9.10. The molecule has 0 aliphatic carbocycles. The van der Waals surface area contributed by atoms with Crippen molar-refractivity contribution in [3.05, 3.63) is 40.5 Å². The third-order valence-corrected chi connectivity index (χ3v) is 3.62. The van der Waals surface area contributed by atoms with Crippen LogP contribution in [-0.4, -0.2) is 35.6 Å². The van der Waals surface area contributed by atoms with E-state index in [0.717, 1.165) is 11.3 Å². The van der Waals surface area contributed by atoms with Crippen LogP contribution in [0.5, 0.6) is 5.75 Å². The molecule has 6 nitrogen and oxygen atoms in total. The summed E-state index contributed by atoms with van der Waals surface area (Å²) < 4.78 is 13.0. The molecule has 0 bridgehead atoms. The van der Waals surface area contributed by atoms with Crippen molar-refractivity contribution in [1.29, 1.82) is 0 Å². The predicted molar refractivity (Wildman–Crippen MR) is 96.7 cm³/mol. The summed E-state index contributed by atoms with van der Waals surface area (Å²) in [5.41, 5.74) is 0.494. The van der Waals surface area contributed by atoms with Gasteiger partial charge in [-0.25, -0.2) is 9.48 Å². The molecule has 1 heterocycles. The molecule has 0 fully saturated rings. The molecule has 24 heavy (non-hydrogen) atoms. The Hall–Kier alpha value is -2.02. The molecular weight excluding hydrogens is 374 g/mol. The number of nitrogens with zero attached hydrogens (tertiary/aromatic N) is 3. The second kappa shape index (κ2) is 7.25. The van der Waals surface area contributed by atoms with Crippen LogP contribution >= 0.6 is 15.9 Å². The van der Waals surface area contributed by atoms with Crippen LogP contribution < -0.4 is 9.64 Å². The lowest BCUT2D eigenvalue weighted by atomic mass is 10.2. The van der Waals surface area contributed by atoms with Crippen molar-refractivity contribution in [2.45, 2.75) is 32.9 Å². The van der Waals surface area contributed by atoms with Crippen LogP contribution in [-0.2, 0) is 11.3 Å². The summed E-state index contributed by atoms with van der Waals surface area (Å²) in [5.74, 6) is 1.44. The summed E-state index contributed by atoms with van der Waals surface area (Å²) in [6, 6.07) is 9.50. The van der Waals surface area contributed by atoms with E-state index < -0.39 is 11.7 Å². The van der Waals surface area contributed by atoms with Gasteiger partial charge in [-0.3, -0.25) is 4.90 Å². The maximum absolute atomic E-state index is 12.3. The monoisotopic (exact) mass is 395 g/mol. The summed E-state index contributed by atoms with van der Waals surface area (Å²) >= 11 is 3.37. The first kappa shape index (κ1) is 18.3. The Labute approximate surface area is 150 Å². The number of carbonyl (C=O) groups is 1. The summed E-state index contributed by atoms with van der Waals surface area (Å²) in [6.07, 6.45) is -0.425. The molecule has 0 radical (unpaired) electrons. The van der Waals surface area contributed by atoms with Gasteiger partial charge >= 0.3 is 6.09 Å². The first-order valence-electron chi connectivity index (χ1n) is 7.52. The average Bonchev–Trinajstić information content (AvgIpc) is 2.86. The largest absolute Gasteiger partial charge is 0.497 e. The number of rotatable bonds is 4. The van der Waals surface area contributed by atoms with Gasteiger partial charge < -0.3 is 9.47 Å². The highest BCUT2D eigenvalue weighted by Gasteiger charge is 2.23. The van der Waals surface area contributed by atoms with Gasteiger partial charge in [-0.2, -0.15) is 5.10 Å². The summed E-state index contributed by atoms with van der Waals surface area (Å²) in [5, 5.41) is 4.40. The summed E-state index contributed by atoms with van der Waals surface area (Å²) in [7, 11) is 3.30. The minimum atomic E-state index is -0.552. The van der Waals surface area contributed by atoms with E-state index in [2.05, 4.69) is 21.0 Å². The molecule has 1 amide bonds. The van der Waals surface area contributed by atoms with Crippen LogP contribution in [0.15, 0.2) is 34.9 Å². The van der Waals surface area contributed by atoms with Gasteiger partial charge in [0.25, 0.3) is 0 Å². The van der Waals surface area contributed by atoms with Gasteiger partial charge in [0, 0.05) is 13.1 Å². The fourth-order valence-corrected chi connectivity index (χ4v) is 2.49. The Morgan fingerprint density at radius 2 is 1.92 bits per heavy atom. The first-order chi connectivity index (χ1) is 11.2. The van der Waals surface area contributed by atoms with E-state index in [-0.39, 0.29) is 0 Å². The van der Waals surface area contributed by atoms with E-state index in [9.17, 15) is 4.79 Å². The number of aromatic nitrogens is 2. The number of benzene rings is 1. The zero-order valence-corrected chi connectivity index (χ0v) is 16.1. The zero-order chi connectivity index (χ0) is 17.9. The van der Waals surface area contributed by atoms with E-state index in [1.165, 1.54) is 4.90 Å². The van der Waals surface area contributed by atoms with Gasteiger partial charge in [0.05, 0.1) is 13.7 Å². The van der Waals surface area contributed by atoms with E-state index in [1.807, 2.05) is 45.0 Å². The third-order valence-electron chi connectivity index (χ3n) is 3.23. The van der Waals surface area contributed by atoms with Crippen molar-refractivity contribution in [2.24, 2.45) is 0 Å². The number of hydrogen-bond donors (Lipinski definition) is 0. The first-order valence-corrected chi connectivity index (χ1v) is 8.32. The predicted octanol–water partition coefficient (Wildman–Crippen LogP) is 4.07. The van der Waals surface area contributed by atoms with Crippen LogP contribution in [0.25, 0.3) is 0 Å². The van der Waals surface area contributed by atoms with Gasteiger partial charge in [0.15, 0.2) is 0 Å². The van der Waals surface area contributed by atoms with Gasteiger partial charge in [0.1, 0.15) is 21.8 Å². The van der Waals surface area contributed by atoms with E-state index in [0.29, 0.717) is 17.0 Å². The second-order valence-corrected chi connectivity index (χ2v) is 7.18. The molecule has 0 aliphatic rings. The second-order valence-electron chi connectivity index (χ2n) is 6.37. The number of carbonyl (C=O) groups excluding carboxylic acids is 1. The summed E-state index contributed by atoms with van der Waals surface area (Å²) in [6.45, 7) is 6.04. The Kier molecular flexibility index (Phi) is 5.54. The zero-order valence-electron chi connectivity index (χ0n) is 14.5. The number of methoxy groups -OCH3 is 1. The smallest absolute Gasteiger partial charge is 0.415 e. The van der Waals surface area contributed by atoms with E-state index in [4.69, 9.17) is 9.47 Å². The molecular formula is C17H22BrN3O3. The standard InChI is InChI=1S/C17H22BrN3O3/c1-17(2,3)24-16(22)20(4)15-10-14(18)19-21(15)11-12-6-8-13(23-5)9-7-12/h6-10H,11H2,1-5H3. The molecule has 1 aromatic heterocycles. The maximum Gasteiger partial charge on any atom is 0.415 e. The molecule has 0 spiro atoms. The molecule has 0 aliphatic heterocycles. The lowest BCUT2D eigenvalue weighted by Crippen LogP contribution is -2.35. The minimum Gasteiger partial charge on any atom is -0.497 e. The van der Waals surface area contributed by atoms with Crippen molar-refractivity contribution in [3.63, 3.8) is 0 Å². The Morgan fingerprint density at radius 3 is 2.46 bits per heavy atom. The molecule has 0 saturated carbocycles. The molecule has 130 valence electrons. The number of anilines is 1. The SMILES string of the molecule is COc1ccc(Cn2nc(Br)cc2N(C)C(=O)OC(C)(C)C)cc1. The van der Waals surface area contributed by atoms with Gasteiger partial charge in [-0.15, -0.1) is 0 Å². The van der Waals surface area contributed by atoms with Crippen LogP contribution in [0.4, 0.5) is 10.6 Å². The maximum atomic E-state index is 12.3. The number of halogens is 1. The summed E-state index contributed by atoms with van der Waals surface area (Å²) in [4.78, 5) is 13.7. The van der Waals surface area contributed by atoms with Gasteiger partial charge in [-0.05, 0) is 54.4 Å². The Morgan fingerprint density at radius 1 is 1.29 bits per heavy atom. The van der Waals surface area contributed by atoms with Crippen molar-refractivity contribution in [1.82, 2.24) is 9.78 Å². The molecule has 0 N–H and O–H groups in total. The number of hydrogen-bond acceptors (Lipinski definition) is 4. The van der Waals surface area contributed by atoms with E-state index >= 15 is 0 Å². The van der Waals surface area contributed by atoms with Crippen molar-refractivity contribution in [3.8, 4) is 5.75 Å². The molecule has 0 unspecified atom stereocenters. The van der Waals surface area contributed by atoms with E-state index in [1.54, 1.807) is 24.9 Å². The molecule has 1 aromatic carbocycles. The lowest BCUT2D eigenvalue weighted by Gasteiger charge is -2.24. The van der Waals surface area contributed by atoms with Crippen molar-refractivity contribution < 1.29 is 14.3 Å². The topological polar surface area (TPSA) is 56.6 Å². The quantitative estimate of drug-likeness (QED) is 0.782. The number of ether oxygens (including phenoxy) is 2. The Balaban J connectivity index is 2.21. The van der Waals surface area contributed by atoms with Crippen LogP contribution in [0, 0.1) is 0 Å². The Bertz CT molecular complexity index is 705. The highest BCUT2D eigenvalue weighted by Crippen LogP contribution is 2.23. The molecule has 2 aromatic rings. The average molecular weight is 396 g/mol. The molecule has 0 saturated heterocycles. The van der Waals surface area contributed by atoms with Crippen LogP contribution in [0.1, 0.15) is 26.3 Å². The lowest BCUT2D eigenvalue weighted by molar-refractivity contribution is 0.0587.